The lowest BCUT2D eigenvalue weighted by Crippen LogP contribution is -2.39. The van der Waals surface area contributed by atoms with Gasteiger partial charge < -0.3 is 24.3 Å². The maximum absolute atomic E-state index is 12.2. The number of benzene rings is 2. The first-order valence-electron chi connectivity index (χ1n) is 9.23. The number of amides is 1. The van der Waals surface area contributed by atoms with Gasteiger partial charge in [0.15, 0.2) is 11.5 Å². The van der Waals surface area contributed by atoms with E-state index in [0.717, 1.165) is 5.56 Å². The highest BCUT2D eigenvalue weighted by atomic mass is 16.5. The standard InChI is InChI=1S/C21H23N3O5/c1-28-17-9-7-14(13-18(17)29-2)8-10-19(25)22-11-12-24-16-6-4-3-5-15(16)23-20(26)21(24)27/h3-7,9,13H,8,10-12H2,1-2H3,(H,22,25)(H,23,26). The minimum Gasteiger partial charge on any atom is -0.493 e. The van der Waals surface area contributed by atoms with Crippen molar-refractivity contribution in [1.82, 2.24) is 14.9 Å². The number of hydrogen-bond acceptors (Lipinski definition) is 5. The molecular formula is C21H23N3O5. The molecule has 0 aliphatic rings. The summed E-state index contributed by atoms with van der Waals surface area (Å²) in [5.41, 5.74) is 0.843. The molecule has 152 valence electrons. The Balaban J connectivity index is 1.59. The number of H-pyrrole nitrogens is 1. The molecule has 1 amide bonds. The van der Waals surface area contributed by atoms with Gasteiger partial charge >= 0.3 is 11.1 Å². The van der Waals surface area contributed by atoms with Gasteiger partial charge in [0.25, 0.3) is 0 Å². The molecule has 0 saturated heterocycles. The maximum atomic E-state index is 12.2. The molecule has 0 atom stereocenters. The summed E-state index contributed by atoms with van der Waals surface area (Å²) in [6, 6.07) is 12.6. The van der Waals surface area contributed by atoms with Gasteiger partial charge in [-0.1, -0.05) is 18.2 Å². The Bertz CT molecular complexity index is 1130. The van der Waals surface area contributed by atoms with Crippen molar-refractivity contribution in [2.24, 2.45) is 0 Å². The smallest absolute Gasteiger partial charge is 0.316 e. The second kappa shape index (κ2) is 9.09. The summed E-state index contributed by atoms with van der Waals surface area (Å²) in [6.45, 7) is 0.462. The highest BCUT2D eigenvalue weighted by Gasteiger charge is 2.09. The molecule has 1 heterocycles. The molecular weight excluding hydrogens is 374 g/mol. The molecule has 8 nitrogen and oxygen atoms in total. The van der Waals surface area contributed by atoms with Crippen LogP contribution in [0.25, 0.3) is 11.0 Å². The fraction of sp³-hybridized carbons (Fsp3) is 0.286. The van der Waals surface area contributed by atoms with E-state index < -0.39 is 11.1 Å². The van der Waals surface area contributed by atoms with Gasteiger partial charge in [0.05, 0.1) is 25.3 Å². The van der Waals surface area contributed by atoms with Gasteiger partial charge in [-0.2, -0.15) is 0 Å². The van der Waals surface area contributed by atoms with Crippen molar-refractivity contribution >= 4 is 16.9 Å². The lowest BCUT2D eigenvalue weighted by Gasteiger charge is -2.11. The zero-order chi connectivity index (χ0) is 20.8. The normalized spacial score (nSPS) is 10.7. The van der Waals surface area contributed by atoms with Crippen LogP contribution in [0.1, 0.15) is 12.0 Å². The number of fused-ring (bicyclic) bond motifs is 1. The molecule has 3 aromatic rings. The first-order valence-corrected chi connectivity index (χ1v) is 9.23. The van der Waals surface area contributed by atoms with Crippen LogP contribution >= 0.6 is 0 Å². The maximum Gasteiger partial charge on any atom is 0.316 e. The fourth-order valence-corrected chi connectivity index (χ4v) is 3.13. The summed E-state index contributed by atoms with van der Waals surface area (Å²) >= 11 is 0. The number of nitrogens with one attached hydrogen (secondary N) is 2. The Morgan fingerprint density at radius 3 is 2.59 bits per heavy atom. The van der Waals surface area contributed by atoms with E-state index in [1.807, 2.05) is 12.1 Å². The molecule has 1 aromatic heterocycles. The van der Waals surface area contributed by atoms with Crippen molar-refractivity contribution in [3.8, 4) is 11.5 Å². The number of nitrogens with zero attached hydrogens (tertiary/aromatic N) is 1. The number of carbonyl (C=O) groups excluding carboxylic acids is 1. The lowest BCUT2D eigenvalue weighted by molar-refractivity contribution is -0.121. The van der Waals surface area contributed by atoms with E-state index in [9.17, 15) is 14.4 Å². The Hall–Kier alpha value is -3.55. The second-order valence-corrected chi connectivity index (χ2v) is 6.47. The fourth-order valence-electron chi connectivity index (χ4n) is 3.13. The number of hydrogen-bond donors (Lipinski definition) is 2. The Morgan fingerprint density at radius 1 is 1.07 bits per heavy atom. The van der Waals surface area contributed by atoms with Crippen LogP contribution in [-0.2, 0) is 17.8 Å². The predicted molar refractivity (Wildman–Crippen MR) is 110 cm³/mol. The minimum absolute atomic E-state index is 0.137. The van der Waals surface area contributed by atoms with Crippen LogP contribution in [0, 0.1) is 0 Å². The van der Waals surface area contributed by atoms with Crippen LogP contribution in [0.5, 0.6) is 11.5 Å². The average molecular weight is 397 g/mol. The van der Waals surface area contributed by atoms with Crippen LogP contribution in [0.15, 0.2) is 52.1 Å². The number of methoxy groups -OCH3 is 2. The lowest BCUT2D eigenvalue weighted by atomic mass is 10.1. The van der Waals surface area contributed by atoms with Crippen LogP contribution in [0.3, 0.4) is 0 Å². The largest absolute Gasteiger partial charge is 0.493 e. The summed E-state index contributed by atoms with van der Waals surface area (Å²) in [4.78, 5) is 38.7. The molecule has 0 radical (unpaired) electrons. The average Bonchev–Trinajstić information content (AvgIpc) is 2.74. The third-order valence-electron chi connectivity index (χ3n) is 4.63. The molecule has 2 aromatic carbocycles. The molecule has 2 N–H and O–H groups in total. The molecule has 0 saturated carbocycles. The molecule has 0 spiro atoms. The molecule has 8 heteroatoms. The molecule has 0 aliphatic carbocycles. The number of aryl methyl sites for hydroxylation is 1. The van der Waals surface area contributed by atoms with Crippen LogP contribution in [0.4, 0.5) is 0 Å². The Labute approximate surface area is 167 Å². The summed E-state index contributed by atoms with van der Waals surface area (Å²) in [6.07, 6.45) is 0.834. The van der Waals surface area contributed by atoms with E-state index in [-0.39, 0.29) is 19.0 Å². The minimum atomic E-state index is -0.677. The van der Waals surface area contributed by atoms with Crippen molar-refractivity contribution < 1.29 is 14.3 Å². The molecule has 0 bridgehead atoms. The van der Waals surface area contributed by atoms with E-state index in [1.54, 1.807) is 44.6 Å². The monoisotopic (exact) mass is 397 g/mol. The number of para-hydroxylation sites is 2. The first kappa shape index (κ1) is 20.2. The zero-order valence-corrected chi connectivity index (χ0v) is 16.4. The van der Waals surface area contributed by atoms with Gasteiger partial charge in [-0.3, -0.25) is 14.4 Å². The quantitative estimate of drug-likeness (QED) is 0.560. The summed E-state index contributed by atoms with van der Waals surface area (Å²) in [5, 5.41) is 2.80. The molecule has 0 unspecified atom stereocenters. The third-order valence-corrected chi connectivity index (χ3v) is 4.63. The molecule has 0 aliphatic heterocycles. The highest BCUT2D eigenvalue weighted by molar-refractivity contribution is 5.76. The zero-order valence-electron chi connectivity index (χ0n) is 16.4. The van der Waals surface area contributed by atoms with Gasteiger partial charge in [-0.15, -0.1) is 0 Å². The van der Waals surface area contributed by atoms with E-state index in [1.165, 1.54) is 4.57 Å². The van der Waals surface area contributed by atoms with E-state index in [2.05, 4.69) is 10.3 Å². The van der Waals surface area contributed by atoms with Crippen molar-refractivity contribution in [2.75, 3.05) is 20.8 Å². The van der Waals surface area contributed by atoms with Gasteiger partial charge in [-0.05, 0) is 36.2 Å². The van der Waals surface area contributed by atoms with Crippen molar-refractivity contribution in [2.45, 2.75) is 19.4 Å². The number of ether oxygens (including phenoxy) is 2. The Morgan fingerprint density at radius 2 is 1.83 bits per heavy atom. The van der Waals surface area contributed by atoms with Crippen LogP contribution in [0.2, 0.25) is 0 Å². The van der Waals surface area contributed by atoms with Gasteiger partial charge in [0.1, 0.15) is 0 Å². The van der Waals surface area contributed by atoms with Gasteiger partial charge in [0, 0.05) is 19.5 Å². The number of rotatable bonds is 8. The second-order valence-electron chi connectivity index (χ2n) is 6.47. The van der Waals surface area contributed by atoms with Crippen molar-refractivity contribution in [1.29, 1.82) is 0 Å². The van der Waals surface area contributed by atoms with Crippen molar-refractivity contribution in [3.63, 3.8) is 0 Å². The number of carbonyl (C=O) groups is 1. The summed E-state index contributed by atoms with van der Waals surface area (Å²) in [7, 11) is 3.13. The molecule has 3 rings (SSSR count). The SMILES string of the molecule is COc1ccc(CCC(=O)NCCn2c(=O)c(=O)[nH]c3ccccc32)cc1OC. The van der Waals surface area contributed by atoms with Crippen LogP contribution in [-0.4, -0.2) is 36.2 Å². The van der Waals surface area contributed by atoms with E-state index >= 15 is 0 Å². The molecule has 29 heavy (non-hydrogen) atoms. The summed E-state index contributed by atoms with van der Waals surface area (Å²) < 4.78 is 11.8. The Kier molecular flexibility index (Phi) is 6.33. The highest BCUT2D eigenvalue weighted by Crippen LogP contribution is 2.27. The third kappa shape index (κ3) is 4.66. The summed E-state index contributed by atoms with van der Waals surface area (Å²) in [5.74, 6) is 1.11. The van der Waals surface area contributed by atoms with Crippen LogP contribution < -0.4 is 25.9 Å². The van der Waals surface area contributed by atoms with Gasteiger partial charge in [-0.25, -0.2) is 0 Å². The van der Waals surface area contributed by atoms with Crippen molar-refractivity contribution in [3.05, 3.63) is 68.7 Å². The number of aromatic nitrogens is 2. The van der Waals surface area contributed by atoms with Gasteiger partial charge in [0.2, 0.25) is 5.91 Å². The first-order chi connectivity index (χ1) is 14.0. The number of aromatic amines is 1. The topological polar surface area (TPSA) is 102 Å². The predicted octanol–water partition coefficient (Wildman–Crippen LogP) is 1.46. The van der Waals surface area contributed by atoms with E-state index in [4.69, 9.17) is 9.47 Å². The molecule has 0 fully saturated rings. The van der Waals surface area contributed by atoms with E-state index in [0.29, 0.717) is 35.4 Å².